The third-order valence-electron chi connectivity index (χ3n) is 3.98. The molecule has 4 heteroatoms. The van der Waals surface area contributed by atoms with Crippen molar-refractivity contribution in [3.63, 3.8) is 0 Å². The molecule has 0 aliphatic carbocycles. The zero-order valence-electron chi connectivity index (χ0n) is 11.9. The number of benzene rings is 1. The first-order valence-electron chi connectivity index (χ1n) is 6.91. The Morgan fingerprint density at radius 1 is 1.26 bits per heavy atom. The lowest BCUT2D eigenvalue weighted by atomic mass is 10.0. The molecule has 0 amide bonds. The molecule has 0 radical (unpaired) electrons. The molecule has 19 heavy (non-hydrogen) atoms. The molecule has 1 aliphatic rings. The van der Waals surface area contributed by atoms with Crippen LogP contribution in [-0.4, -0.2) is 26.0 Å². The van der Waals surface area contributed by atoms with Gasteiger partial charge in [-0.1, -0.05) is 18.2 Å². The minimum absolute atomic E-state index is 0.0929. The maximum absolute atomic E-state index is 11.6. The third kappa shape index (κ3) is 3.80. The van der Waals surface area contributed by atoms with Crippen LogP contribution in [0.5, 0.6) is 0 Å². The van der Waals surface area contributed by atoms with Crippen molar-refractivity contribution >= 4 is 9.84 Å². The molecule has 106 valence electrons. The molecule has 1 heterocycles. The lowest BCUT2D eigenvalue weighted by molar-refractivity contribution is 0.437. The zero-order valence-corrected chi connectivity index (χ0v) is 12.8. The number of sulfone groups is 1. The van der Waals surface area contributed by atoms with Crippen molar-refractivity contribution in [1.29, 1.82) is 0 Å². The monoisotopic (exact) mass is 281 g/mol. The SMILES string of the molecule is Cc1ccc(C(C)NC2CCCS(=O)(=O)C2)cc1C. The second kappa shape index (κ2) is 5.63. The summed E-state index contributed by atoms with van der Waals surface area (Å²) in [5.41, 5.74) is 3.80. The van der Waals surface area contributed by atoms with Gasteiger partial charge in [-0.2, -0.15) is 0 Å². The summed E-state index contributed by atoms with van der Waals surface area (Å²) >= 11 is 0. The van der Waals surface area contributed by atoms with Gasteiger partial charge in [0.05, 0.1) is 11.5 Å². The number of rotatable bonds is 3. The number of aryl methyl sites for hydroxylation is 2. The Hall–Kier alpha value is -0.870. The number of nitrogens with one attached hydrogen (secondary N) is 1. The van der Waals surface area contributed by atoms with Crippen LogP contribution in [0.1, 0.15) is 42.5 Å². The van der Waals surface area contributed by atoms with Gasteiger partial charge in [-0.05, 0) is 50.3 Å². The van der Waals surface area contributed by atoms with E-state index >= 15 is 0 Å². The minimum atomic E-state index is -2.84. The molecule has 1 saturated heterocycles. The van der Waals surface area contributed by atoms with Crippen LogP contribution < -0.4 is 5.32 Å². The summed E-state index contributed by atoms with van der Waals surface area (Å²) in [7, 11) is -2.84. The standard InChI is InChI=1S/C15H23NO2S/c1-11-6-7-14(9-12(11)2)13(3)16-15-5-4-8-19(17,18)10-15/h6-7,9,13,15-16H,4-5,8,10H2,1-3H3. The van der Waals surface area contributed by atoms with Gasteiger partial charge in [0.25, 0.3) is 0 Å². The molecule has 1 N–H and O–H groups in total. The van der Waals surface area contributed by atoms with Crippen LogP contribution >= 0.6 is 0 Å². The van der Waals surface area contributed by atoms with E-state index in [9.17, 15) is 8.42 Å². The number of hydrogen-bond acceptors (Lipinski definition) is 3. The van der Waals surface area contributed by atoms with E-state index in [0.29, 0.717) is 5.75 Å². The van der Waals surface area contributed by atoms with Crippen LogP contribution in [0.3, 0.4) is 0 Å². The summed E-state index contributed by atoms with van der Waals surface area (Å²) in [6.45, 7) is 6.31. The lowest BCUT2D eigenvalue weighted by Gasteiger charge is -2.27. The maximum Gasteiger partial charge on any atom is 0.151 e. The average molecular weight is 281 g/mol. The Balaban J connectivity index is 2.04. The Labute approximate surface area is 116 Å². The van der Waals surface area contributed by atoms with E-state index in [1.807, 2.05) is 0 Å². The minimum Gasteiger partial charge on any atom is -0.306 e. The van der Waals surface area contributed by atoms with E-state index in [0.717, 1.165) is 12.8 Å². The first kappa shape index (κ1) is 14.5. The van der Waals surface area contributed by atoms with Crippen molar-refractivity contribution in [2.75, 3.05) is 11.5 Å². The van der Waals surface area contributed by atoms with Crippen LogP contribution in [0, 0.1) is 13.8 Å². The summed E-state index contributed by atoms with van der Waals surface area (Å²) < 4.78 is 23.3. The quantitative estimate of drug-likeness (QED) is 0.926. The highest BCUT2D eigenvalue weighted by Gasteiger charge is 2.25. The van der Waals surface area contributed by atoms with Crippen molar-refractivity contribution in [3.05, 3.63) is 34.9 Å². The van der Waals surface area contributed by atoms with Crippen LogP contribution in [0.25, 0.3) is 0 Å². The van der Waals surface area contributed by atoms with Crippen LogP contribution in [0.15, 0.2) is 18.2 Å². The molecule has 2 rings (SSSR count). The van der Waals surface area contributed by atoms with Crippen LogP contribution in [-0.2, 0) is 9.84 Å². The Bertz CT molecular complexity index is 551. The summed E-state index contributed by atoms with van der Waals surface area (Å²) in [6.07, 6.45) is 1.73. The average Bonchev–Trinajstić information content (AvgIpc) is 2.31. The first-order chi connectivity index (χ1) is 8.87. The fourth-order valence-electron chi connectivity index (χ4n) is 2.64. The van der Waals surface area contributed by atoms with Crippen molar-refractivity contribution < 1.29 is 8.42 Å². The van der Waals surface area contributed by atoms with Gasteiger partial charge in [0, 0.05) is 12.1 Å². The third-order valence-corrected chi connectivity index (χ3v) is 5.80. The molecule has 2 unspecified atom stereocenters. The molecule has 0 bridgehead atoms. The predicted octanol–water partition coefficient (Wildman–Crippen LogP) is 2.53. The molecule has 1 aromatic rings. The molecule has 0 aromatic heterocycles. The van der Waals surface area contributed by atoms with E-state index in [-0.39, 0.29) is 17.8 Å². The van der Waals surface area contributed by atoms with E-state index in [2.05, 4.69) is 44.3 Å². The largest absolute Gasteiger partial charge is 0.306 e. The molecule has 1 aromatic carbocycles. The zero-order chi connectivity index (χ0) is 14.0. The second-order valence-corrected chi connectivity index (χ2v) is 7.91. The maximum atomic E-state index is 11.6. The predicted molar refractivity (Wildman–Crippen MR) is 79.1 cm³/mol. The van der Waals surface area contributed by atoms with E-state index < -0.39 is 9.84 Å². The molecule has 0 spiro atoms. The Morgan fingerprint density at radius 3 is 2.63 bits per heavy atom. The van der Waals surface area contributed by atoms with Gasteiger partial charge in [-0.25, -0.2) is 8.42 Å². The van der Waals surface area contributed by atoms with Crippen LogP contribution in [0.2, 0.25) is 0 Å². The summed E-state index contributed by atoms with van der Waals surface area (Å²) in [6, 6.07) is 6.72. The fraction of sp³-hybridized carbons (Fsp3) is 0.600. The normalized spacial score (nSPS) is 24.1. The highest BCUT2D eigenvalue weighted by Crippen LogP contribution is 2.20. The van der Waals surface area contributed by atoms with E-state index in [4.69, 9.17) is 0 Å². The van der Waals surface area contributed by atoms with E-state index in [1.165, 1.54) is 16.7 Å². The smallest absolute Gasteiger partial charge is 0.151 e. The molecule has 0 saturated carbocycles. The lowest BCUT2D eigenvalue weighted by Crippen LogP contribution is -2.41. The molecule has 3 nitrogen and oxygen atoms in total. The summed E-state index contributed by atoms with van der Waals surface area (Å²) in [4.78, 5) is 0. The van der Waals surface area contributed by atoms with Gasteiger partial charge in [-0.3, -0.25) is 0 Å². The van der Waals surface area contributed by atoms with Crippen LogP contribution in [0.4, 0.5) is 0 Å². The second-order valence-electron chi connectivity index (χ2n) is 5.69. The molecule has 1 fully saturated rings. The molecule has 2 atom stereocenters. The van der Waals surface area contributed by atoms with Crippen molar-refractivity contribution in [2.24, 2.45) is 0 Å². The summed E-state index contributed by atoms with van der Waals surface area (Å²) in [5, 5.41) is 3.46. The van der Waals surface area contributed by atoms with Crippen molar-refractivity contribution in [1.82, 2.24) is 5.32 Å². The first-order valence-corrected chi connectivity index (χ1v) is 8.73. The van der Waals surface area contributed by atoms with Gasteiger partial charge in [0.1, 0.15) is 0 Å². The number of hydrogen-bond donors (Lipinski definition) is 1. The van der Waals surface area contributed by atoms with Crippen molar-refractivity contribution in [3.8, 4) is 0 Å². The van der Waals surface area contributed by atoms with Gasteiger partial charge >= 0.3 is 0 Å². The Morgan fingerprint density at radius 2 is 2.00 bits per heavy atom. The summed E-state index contributed by atoms with van der Waals surface area (Å²) in [5.74, 6) is 0.630. The molecular formula is C15H23NO2S. The highest BCUT2D eigenvalue weighted by molar-refractivity contribution is 7.91. The van der Waals surface area contributed by atoms with Gasteiger partial charge in [0.2, 0.25) is 0 Å². The fourth-order valence-corrected chi connectivity index (χ4v) is 4.29. The highest BCUT2D eigenvalue weighted by atomic mass is 32.2. The van der Waals surface area contributed by atoms with Gasteiger partial charge < -0.3 is 5.32 Å². The van der Waals surface area contributed by atoms with Crippen molar-refractivity contribution in [2.45, 2.75) is 45.7 Å². The topological polar surface area (TPSA) is 46.2 Å². The molecular weight excluding hydrogens is 258 g/mol. The molecule has 1 aliphatic heterocycles. The Kier molecular flexibility index (Phi) is 4.31. The van der Waals surface area contributed by atoms with Gasteiger partial charge in [0.15, 0.2) is 9.84 Å². The van der Waals surface area contributed by atoms with E-state index in [1.54, 1.807) is 0 Å². The van der Waals surface area contributed by atoms with Gasteiger partial charge in [-0.15, -0.1) is 0 Å².